The van der Waals surface area contributed by atoms with Crippen molar-refractivity contribution in [3.63, 3.8) is 0 Å². The van der Waals surface area contributed by atoms with Gasteiger partial charge in [-0.05, 0) is 69.6 Å². The second-order valence-electron chi connectivity index (χ2n) is 10.9. The van der Waals surface area contributed by atoms with Crippen LogP contribution in [0, 0.1) is 18.8 Å². The van der Waals surface area contributed by atoms with Crippen LogP contribution < -0.4 is 4.74 Å². The summed E-state index contributed by atoms with van der Waals surface area (Å²) in [6.07, 6.45) is 8.43. The zero-order chi connectivity index (χ0) is 31.3. The van der Waals surface area contributed by atoms with Gasteiger partial charge in [0.15, 0.2) is 5.66 Å². The molecule has 0 amide bonds. The molecule has 12 heteroatoms. The zero-order valence-corrected chi connectivity index (χ0v) is 25.9. The Kier molecular flexibility index (Phi) is 14.7. The highest BCUT2D eigenvalue weighted by atomic mass is 31.2. The summed E-state index contributed by atoms with van der Waals surface area (Å²) in [4.78, 5) is 43.3. The molecule has 2 unspecified atom stereocenters. The lowest BCUT2D eigenvalue weighted by Crippen LogP contribution is -2.24. The van der Waals surface area contributed by atoms with E-state index >= 15 is 0 Å². The maximum absolute atomic E-state index is 11.4. The largest absolute Gasteiger partial charge is 0.497 e. The molecule has 1 aromatic heterocycles. The molecule has 11 nitrogen and oxygen atoms in total. The number of rotatable bonds is 15. The minimum Gasteiger partial charge on any atom is -0.497 e. The number of nitrogens with zero attached hydrogens (tertiary/aromatic N) is 1. The Labute approximate surface area is 247 Å². The molecule has 0 radical (unpaired) electrons. The van der Waals surface area contributed by atoms with Gasteiger partial charge >= 0.3 is 19.5 Å². The number of hydrogen-bond acceptors (Lipinski definition) is 7. The van der Waals surface area contributed by atoms with E-state index in [-0.39, 0.29) is 18.4 Å². The second kappa shape index (κ2) is 17.4. The third kappa shape index (κ3) is 11.5. The molecular weight excluding hydrogens is 565 g/mol. The summed E-state index contributed by atoms with van der Waals surface area (Å²) in [6.45, 7) is 6.07. The number of aromatic nitrogens is 1. The number of carboxylic acid groups (broad SMARTS) is 2. The van der Waals surface area contributed by atoms with Gasteiger partial charge in [-0.1, -0.05) is 45.6 Å². The number of aryl methyl sites for hydroxylation is 1. The number of oxazole rings is 1. The Morgan fingerprint density at radius 1 is 1.10 bits per heavy atom. The van der Waals surface area contributed by atoms with Crippen molar-refractivity contribution in [2.24, 2.45) is 11.8 Å². The highest BCUT2D eigenvalue weighted by molar-refractivity contribution is 7.53. The molecule has 1 heterocycles. The van der Waals surface area contributed by atoms with Crippen LogP contribution in [0.15, 0.2) is 28.7 Å². The normalized spacial score (nSPS) is 18.4. The van der Waals surface area contributed by atoms with Crippen molar-refractivity contribution in [3.05, 3.63) is 35.7 Å². The molecule has 1 aliphatic carbocycles. The number of aliphatic carboxylic acids is 2. The van der Waals surface area contributed by atoms with E-state index in [4.69, 9.17) is 28.8 Å². The molecule has 1 aliphatic rings. The highest BCUT2D eigenvalue weighted by Gasteiger charge is 2.34. The van der Waals surface area contributed by atoms with Crippen molar-refractivity contribution in [3.8, 4) is 17.2 Å². The zero-order valence-electron chi connectivity index (χ0n) is 25.0. The summed E-state index contributed by atoms with van der Waals surface area (Å²) in [5, 5.41) is 17.7. The van der Waals surface area contributed by atoms with E-state index in [1.165, 1.54) is 6.42 Å². The fraction of sp³-hybridized carbons (Fsp3) is 0.633. The molecule has 0 bridgehead atoms. The number of carbonyl (C=O) groups is 2. The summed E-state index contributed by atoms with van der Waals surface area (Å²) in [5.74, 6) is 0.367. The molecule has 1 saturated carbocycles. The summed E-state index contributed by atoms with van der Waals surface area (Å²) in [5.41, 5.74) is 0.174. The van der Waals surface area contributed by atoms with Crippen LogP contribution >= 0.6 is 7.60 Å². The Morgan fingerprint density at radius 2 is 1.81 bits per heavy atom. The standard InChI is InChI=1S/C25H35NO5.C5H11O5P/c1-4-7-19(25(27)28)13-12-18-8-5-11-22(14-18)30-16-23-17(2)31-24(26-23)20-9-6-10-21(15-20)29-3;1-2-3-4(5(6)7)11(8,9)10/h6,9-10,15,18-19,22H,4-5,7-8,11-14,16H2,1-3H3,(H,27,28);4H,2-3H2,1H3,(H,6,7)(H2,8,9,10)/t18-,19?,22-;/m1./s1. The van der Waals surface area contributed by atoms with Gasteiger partial charge in [-0.15, -0.1) is 0 Å². The smallest absolute Gasteiger partial charge is 0.339 e. The molecule has 236 valence electrons. The van der Waals surface area contributed by atoms with Crippen LogP contribution in [-0.4, -0.2) is 55.8 Å². The third-order valence-electron chi connectivity index (χ3n) is 7.56. The fourth-order valence-electron chi connectivity index (χ4n) is 5.18. The van der Waals surface area contributed by atoms with Crippen LogP contribution in [0.2, 0.25) is 0 Å². The van der Waals surface area contributed by atoms with E-state index in [0.29, 0.717) is 24.8 Å². The Hall–Kier alpha value is -2.72. The minimum absolute atomic E-state index is 0.0135. The van der Waals surface area contributed by atoms with Gasteiger partial charge in [0.05, 0.1) is 25.7 Å². The topological polar surface area (TPSA) is 177 Å². The minimum atomic E-state index is -4.45. The number of methoxy groups -OCH3 is 1. The van der Waals surface area contributed by atoms with Gasteiger partial charge in [0.25, 0.3) is 0 Å². The molecule has 3 rings (SSSR count). The number of hydrogen-bond donors (Lipinski definition) is 4. The van der Waals surface area contributed by atoms with Gasteiger partial charge in [-0.3, -0.25) is 14.2 Å². The van der Waals surface area contributed by atoms with Crippen LogP contribution in [0.5, 0.6) is 5.75 Å². The molecule has 0 saturated heterocycles. The van der Waals surface area contributed by atoms with E-state index in [1.54, 1.807) is 14.0 Å². The maximum atomic E-state index is 11.4. The summed E-state index contributed by atoms with van der Waals surface area (Å²) in [6, 6.07) is 7.67. The summed E-state index contributed by atoms with van der Waals surface area (Å²) >= 11 is 0. The summed E-state index contributed by atoms with van der Waals surface area (Å²) in [7, 11) is -2.81. The van der Waals surface area contributed by atoms with Crippen molar-refractivity contribution in [1.82, 2.24) is 4.98 Å². The maximum Gasteiger partial charge on any atom is 0.339 e. The predicted octanol–water partition coefficient (Wildman–Crippen LogP) is 6.43. The number of carboxylic acids is 2. The van der Waals surface area contributed by atoms with E-state index in [2.05, 4.69) is 4.98 Å². The van der Waals surface area contributed by atoms with Gasteiger partial charge in [0, 0.05) is 5.56 Å². The van der Waals surface area contributed by atoms with Crippen LogP contribution in [0.4, 0.5) is 0 Å². The van der Waals surface area contributed by atoms with Crippen LogP contribution in [-0.2, 0) is 25.5 Å². The molecular formula is C30H46NO10P. The van der Waals surface area contributed by atoms with Gasteiger partial charge in [0.1, 0.15) is 17.2 Å². The van der Waals surface area contributed by atoms with E-state index in [1.807, 2.05) is 38.1 Å². The van der Waals surface area contributed by atoms with Gasteiger partial charge < -0.3 is 33.9 Å². The molecule has 1 fully saturated rings. The monoisotopic (exact) mass is 611 g/mol. The molecule has 0 aliphatic heterocycles. The van der Waals surface area contributed by atoms with Crippen LogP contribution in [0.25, 0.3) is 11.5 Å². The van der Waals surface area contributed by atoms with E-state index < -0.39 is 25.2 Å². The Balaban J connectivity index is 0.000000476. The predicted molar refractivity (Wildman–Crippen MR) is 157 cm³/mol. The highest BCUT2D eigenvalue weighted by Crippen LogP contribution is 2.43. The quantitative estimate of drug-likeness (QED) is 0.163. The molecule has 0 spiro atoms. The first-order valence-electron chi connectivity index (χ1n) is 14.6. The Morgan fingerprint density at radius 3 is 2.38 bits per heavy atom. The molecule has 2 aromatic rings. The lowest BCUT2D eigenvalue weighted by Gasteiger charge is -2.29. The lowest BCUT2D eigenvalue weighted by molar-refractivity contribution is -0.142. The van der Waals surface area contributed by atoms with Crippen molar-refractivity contribution in [2.75, 3.05) is 7.11 Å². The van der Waals surface area contributed by atoms with Gasteiger partial charge in [-0.25, -0.2) is 4.98 Å². The van der Waals surface area contributed by atoms with Crippen molar-refractivity contribution >= 4 is 19.5 Å². The Bertz CT molecular complexity index is 1180. The van der Waals surface area contributed by atoms with Crippen LogP contribution in [0.1, 0.15) is 89.5 Å². The first kappa shape index (κ1) is 35.5. The lowest BCUT2D eigenvalue weighted by atomic mass is 9.82. The van der Waals surface area contributed by atoms with E-state index in [9.17, 15) is 19.3 Å². The first-order valence-corrected chi connectivity index (χ1v) is 16.3. The van der Waals surface area contributed by atoms with Gasteiger partial charge in [-0.2, -0.15) is 0 Å². The van der Waals surface area contributed by atoms with Crippen LogP contribution in [0.3, 0.4) is 0 Å². The number of ether oxygens (including phenoxy) is 2. The van der Waals surface area contributed by atoms with E-state index in [0.717, 1.165) is 67.7 Å². The molecule has 4 N–H and O–H groups in total. The van der Waals surface area contributed by atoms with Crippen molar-refractivity contribution in [1.29, 1.82) is 0 Å². The molecule has 1 aromatic carbocycles. The molecule has 42 heavy (non-hydrogen) atoms. The number of benzene rings is 1. The summed E-state index contributed by atoms with van der Waals surface area (Å²) < 4.78 is 27.8. The SMILES string of the molecule is CCCC(C(=O)O)P(=O)(O)O.CCCC(CC[C@H]1CCC[C@@H](OCc2nc(-c3cccc(OC)c3)oc2C)C1)C(=O)O. The van der Waals surface area contributed by atoms with Crippen molar-refractivity contribution < 1.29 is 48.0 Å². The first-order chi connectivity index (χ1) is 19.9. The average Bonchev–Trinajstić information content (AvgIpc) is 3.32. The average molecular weight is 612 g/mol. The molecule has 4 atom stereocenters. The second-order valence-corrected chi connectivity index (χ2v) is 12.7. The third-order valence-corrected chi connectivity index (χ3v) is 8.85. The van der Waals surface area contributed by atoms with Gasteiger partial charge in [0.2, 0.25) is 5.89 Å². The van der Waals surface area contributed by atoms with Crippen molar-refractivity contribution in [2.45, 2.75) is 103 Å². The fourth-order valence-corrected chi connectivity index (χ4v) is 6.06.